The lowest BCUT2D eigenvalue weighted by Crippen LogP contribution is -2.33. The lowest BCUT2D eigenvalue weighted by Gasteiger charge is -2.27. The average Bonchev–Trinajstić information content (AvgIpc) is 3.14. The van der Waals surface area contributed by atoms with Crippen LogP contribution in [0.25, 0.3) is 0 Å². The number of hydrogen-bond acceptors (Lipinski definition) is 3. The van der Waals surface area contributed by atoms with Crippen molar-refractivity contribution in [2.24, 2.45) is 11.8 Å². The Morgan fingerprint density at radius 1 is 1.31 bits per heavy atom. The number of hydrogen-bond donors (Lipinski definition) is 2. The molecule has 0 spiro atoms. The summed E-state index contributed by atoms with van der Waals surface area (Å²) in [7, 11) is 0. The summed E-state index contributed by atoms with van der Waals surface area (Å²) in [6.07, 6.45) is 6.73. The SMILES string of the molecule is CC(CC(=O)NCc1cccc(Cn2cccn2)c1)C1CCNCC1.Cl. The second-order valence-corrected chi connectivity index (χ2v) is 7.07. The van der Waals surface area contributed by atoms with Crippen LogP contribution in [-0.4, -0.2) is 28.8 Å². The van der Waals surface area contributed by atoms with Gasteiger partial charge in [0.2, 0.25) is 5.91 Å². The summed E-state index contributed by atoms with van der Waals surface area (Å²) in [5.74, 6) is 1.28. The van der Waals surface area contributed by atoms with E-state index < -0.39 is 0 Å². The molecule has 2 heterocycles. The fraction of sp³-hybridized carbons (Fsp3) is 0.500. The Bertz CT molecular complexity index is 668. The molecule has 1 unspecified atom stereocenters. The van der Waals surface area contributed by atoms with Crippen molar-refractivity contribution in [3.05, 3.63) is 53.9 Å². The van der Waals surface area contributed by atoms with Gasteiger partial charge in [0.1, 0.15) is 0 Å². The van der Waals surface area contributed by atoms with Crippen molar-refractivity contribution < 1.29 is 4.79 Å². The van der Waals surface area contributed by atoms with Crippen LogP contribution in [0.15, 0.2) is 42.7 Å². The molecular formula is C20H29ClN4O. The third kappa shape index (κ3) is 6.15. The van der Waals surface area contributed by atoms with Crippen LogP contribution in [-0.2, 0) is 17.9 Å². The highest BCUT2D eigenvalue weighted by atomic mass is 35.5. The predicted molar refractivity (Wildman–Crippen MR) is 106 cm³/mol. The van der Waals surface area contributed by atoms with E-state index in [-0.39, 0.29) is 18.3 Å². The Hall–Kier alpha value is -1.85. The summed E-state index contributed by atoms with van der Waals surface area (Å²) in [4.78, 5) is 12.3. The molecule has 0 saturated carbocycles. The number of nitrogens with one attached hydrogen (secondary N) is 2. The van der Waals surface area contributed by atoms with Crippen LogP contribution in [0.5, 0.6) is 0 Å². The zero-order valence-electron chi connectivity index (χ0n) is 15.4. The Balaban J connectivity index is 0.00000243. The molecule has 142 valence electrons. The van der Waals surface area contributed by atoms with Crippen LogP contribution in [0.4, 0.5) is 0 Å². The zero-order valence-corrected chi connectivity index (χ0v) is 16.2. The summed E-state index contributed by atoms with van der Waals surface area (Å²) >= 11 is 0. The molecule has 1 aromatic carbocycles. The Morgan fingerprint density at radius 3 is 2.81 bits per heavy atom. The number of halogens is 1. The van der Waals surface area contributed by atoms with E-state index in [0.717, 1.165) is 25.2 Å². The molecule has 26 heavy (non-hydrogen) atoms. The molecule has 1 fully saturated rings. The minimum atomic E-state index is 0. The fourth-order valence-corrected chi connectivity index (χ4v) is 3.56. The molecule has 0 aliphatic carbocycles. The van der Waals surface area contributed by atoms with E-state index in [4.69, 9.17) is 0 Å². The van der Waals surface area contributed by atoms with Crippen LogP contribution in [0, 0.1) is 11.8 Å². The molecule has 1 atom stereocenters. The van der Waals surface area contributed by atoms with Crippen LogP contribution in [0.3, 0.4) is 0 Å². The quantitative estimate of drug-likeness (QED) is 0.781. The van der Waals surface area contributed by atoms with E-state index in [9.17, 15) is 4.79 Å². The summed E-state index contributed by atoms with van der Waals surface area (Å²) in [5.41, 5.74) is 2.33. The molecule has 1 aliphatic rings. The maximum absolute atomic E-state index is 12.3. The normalized spacial score (nSPS) is 15.9. The summed E-state index contributed by atoms with van der Waals surface area (Å²) in [5, 5.41) is 10.7. The third-order valence-electron chi connectivity index (χ3n) is 5.08. The smallest absolute Gasteiger partial charge is 0.220 e. The van der Waals surface area contributed by atoms with Crippen molar-refractivity contribution in [1.82, 2.24) is 20.4 Å². The van der Waals surface area contributed by atoms with Crippen molar-refractivity contribution in [1.29, 1.82) is 0 Å². The van der Waals surface area contributed by atoms with Gasteiger partial charge in [0.15, 0.2) is 0 Å². The average molecular weight is 377 g/mol. The molecule has 3 rings (SSSR count). The predicted octanol–water partition coefficient (Wildman–Crippen LogP) is 3.00. The van der Waals surface area contributed by atoms with Crippen molar-refractivity contribution in [2.45, 2.75) is 39.3 Å². The molecule has 5 nitrogen and oxygen atoms in total. The Kier molecular flexibility index (Phi) is 8.13. The van der Waals surface area contributed by atoms with Crippen LogP contribution < -0.4 is 10.6 Å². The monoisotopic (exact) mass is 376 g/mol. The molecule has 0 bridgehead atoms. The fourth-order valence-electron chi connectivity index (χ4n) is 3.56. The summed E-state index contributed by atoms with van der Waals surface area (Å²) in [6, 6.07) is 10.2. The number of carbonyl (C=O) groups is 1. The molecule has 1 saturated heterocycles. The van der Waals surface area contributed by atoms with Crippen LogP contribution in [0.2, 0.25) is 0 Å². The van der Waals surface area contributed by atoms with E-state index in [0.29, 0.717) is 24.8 Å². The number of aromatic nitrogens is 2. The van der Waals surface area contributed by atoms with Crippen molar-refractivity contribution in [3.8, 4) is 0 Å². The van der Waals surface area contributed by atoms with Gasteiger partial charge in [-0.1, -0.05) is 31.2 Å². The van der Waals surface area contributed by atoms with Gasteiger partial charge >= 0.3 is 0 Å². The highest BCUT2D eigenvalue weighted by Gasteiger charge is 2.21. The molecule has 2 N–H and O–H groups in total. The van der Waals surface area contributed by atoms with Gasteiger partial charge in [-0.2, -0.15) is 5.10 Å². The Morgan fingerprint density at radius 2 is 2.08 bits per heavy atom. The van der Waals surface area contributed by atoms with E-state index in [1.165, 1.54) is 18.4 Å². The molecule has 6 heteroatoms. The van der Waals surface area contributed by atoms with Gasteiger partial charge < -0.3 is 10.6 Å². The topological polar surface area (TPSA) is 59.0 Å². The lowest BCUT2D eigenvalue weighted by molar-refractivity contribution is -0.122. The third-order valence-corrected chi connectivity index (χ3v) is 5.08. The zero-order chi connectivity index (χ0) is 17.5. The van der Waals surface area contributed by atoms with E-state index in [1.54, 1.807) is 6.20 Å². The largest absolute Gasteiger partial charge is 0.352 e. The molecular weight excluding hydrogens is 348 g/mol. The maximum Gasteiger partial charge on any atom is 0.220 e. The van der Waals surface area contributed by atoms with Crippen molar-refractivity contribution in [2.75, 3.05) is 13.1 Å². The standard InChI is InChI=1S/C20H28N4O.ClH/c1-16(19-6-9-21-10-7-19)12-20(25)22-14-17-4-2-5-18(13-17)15-24-11-3-8-23-24;/h2-5,8,11,13,16,19,21H,6-7,9-10,12,14-15H2,1H3,(H,22,25);1H. The minimum Gasteiger partial charge on any atom is -0.352 e. The van der Waals surface area contributed by atoms with Gasteiger partial charge in [-0.3, -0.25) is 9.48 Å². The number of rotatable bonds is 7. The second kappa shape index (κ2) is 10.3. The minimum absolute atomic E-state index is 0. The molecule has 0 radical (unpaired) electrons. The molecule has 2 aromatic rings. The first-order valence-corrected chi connectivity index (χ1v) is 9.23. The van der Waals surface area contributed by atoms with Gasteiger partial charge in [0.25, 0.3) is 0 Å². The van der Waals surface area contributed by atoms with Crippen LogP contribution in [0.1, 0.15) is 37.3 Å². The number of nitrogens with zero attached hydrogens (tertiary/aromatic N) is 2. The highest BCUT2D eigenvalue weighted by molar-refractivity contribution is 5.85. The van der Waals surface area contributed by atoms with E-state index in [1.807, 2.05) is 23.0 Å². The number of amides is 1. The first-order valence-electron chi connectivity index (χ1n) is 9.23. The molecule has 1 amide bonds. The van der Waals surface area contributed by atoms with E-state index >= 15 is 0 Å². The number of benzene rings is 1. The first kappa shape index (κ1) is 20.5. The van der Waals surface area contributed by atoms with Crippen molar-refractivity contribution in [3.63, 3.8) is 0 Å². The Labute approximate surface area is 162 Å². The first-order chi connectivity index (χ1) is 12.2. The number of piperidine rings is 1. The number of carbonyl (C=O) groups excluding carboxylic acids is 1. The van der Waals surface area contributed by atoms with Crippen LogP contribution >= 0.6 is 12.4 Å². The van der Waals surface area contributed by atoms with Crippen molar-refractivity contribution >= 4 is 18.3 Å². The summed E-state index contributed by atoms with van der Waals surface area (Å²) < 4.78 is 1.90. The maximum atomic E-state index is 12.3. The van der Waals surface area contributed by atoms with Gasteiger partial charge in [-0.15, -0.1) is 12.4 Å². The lowest BCUT2D eigenvalue weighted by atomic mass is 9.84. The molecule has 1 aromatic heterocycles. The highest BCUT2D eigenvalue weighted by Crippen LogP contribution is 2.24. The van der Waals surface area contributed by atoms with E-state index in [2.05, 4.69) is 40.9 Å². The van der Waals surface area contributed by atoms with Gasteiger partial charge in [-0.05, 0) is 55.0 Å². The summed E-state index contributed by atoms with van der Waals surface area (Å²) in [6.45, 7) is 5.71. The van der Waals surface area contributed by atoms with Gasteiger partial charge in [0.05, 0.1) is 6.54 Å². The molecule has 1 aliphatic heterocycles. The van der Waals surface area contributed by atoms with Gasteiger partial charge in [0, 0.05) is 25.4 Å². The second-order valence-electron chi connectivity index (χ2n) is 7.07. The van der Waals surface area contributed by atoms with Gasteiger partial charge in [-0.25, -0.2) is 0 Å².